The second-order valence-corrected chi connectivity index (χ2v) is 6.34. The molecule has 0 aliphatic rings. The summed E-state index contributed by atoms with van der Waals surface area (Å²) >= 11 is 3.37. The second-order valence-electron chi connectivity index (χ2n) is 3.77. The Morgan fingerprint density at radius 1 is 1.47 bits per heavy atom. The fourth-order valence-corrected chi connectivity index (χ4v) is 2.88. The first-order valence-electron chi connectivity index (χ1n) is 4.62. The number of sulfonamides is 1. The van der Waals surface area contributed by atoms with Crippen molar-refractivity contribution < 1.29 is 8.42 Å². The zero-order chi connectivity index (χ0) is 11.5. The highest BCUT2D eigenvalue weighted by molar-refractivity contribution is 9.10. The molecule has 15 heavy (non-hydrogen) atoms. The number of primary sulfonamides is 1. The molecule has 1 aromatic rings. The first-order valence-corrected chi connectivity index (χ1v) is 7.12. The molecule has 0 aromatic heterocycles. The van der Waals surface area contributed by atoms with E-state index in [1.54, 1.807) is 0 Å². The van der Waals surface area contributed by atoms with E-state index < -0.39 is 10.0 Å². The summed E-state index contributed by atoms with van der Waals surface area (Å²) in [7, 11) is -3.37. The minimum Gasteiger partial charge on any atom is -0.229 e. The fraction of sp³-hybridized carbons (Fsp3) is 0.400. The highest BCUT2D eigenvalue weighted by Gasteiger charge is 2.11. The molecule has 0 aliphatic carbocycles. The largest absolute Gasteiger partial charge is 0.229 e. The third-order valence-corrected chi connectivity index (χ3v) is 3.52. The summed E-state index contributed by atoms with van der Waals surface area (Å²) in [6.45, 7) is 1.88. The van der Waals surface area contributed by atoms with Crippen molar-refractivity contribution in [3.63, 3.8) is 0 Å². The van der Waals surface area contributed by atoms with Crippen molar-refractivity contribution in [1.82, 2.24) is 0 Å². The van der Waals surface area contributed by atoms with Crippen molar-refractivity contribution >= 4 is 26.0 Å². The van der Waals surface area contributed by atoms with E-state index >= 15 is 0 Å². The van der Waals surface area contributed by atoms with E-state index in [1.165, 1.54) is 0 Å². The van der Waals surface area contributed by atoms with Gasteiger partial charge < -0.3 is 0 Å². The first-order chi connectivity index (χ1) is 6.87. The molecule has 2 N–H and O–H groups in total. The maximum Gasteiger partial charge on any atom is 0.209 e. The average Bonchev–Trinajstić information content (AvgIpc) is 1.99. The summed E-state index contributed by atoms with van der Waals surface area (Å²) in [5.74, 6) is 0.0637. The van der Waals surface area contributed by atoms with Crippen LogP contribution in [0.4, 0.5) is 0 Å². The van der Waals surface area contributed by atoms with E-state index in [2.05, 4.69) is 15.9 Å². The summed E-state index contributed by atoms with van der Waals surface area (Å²) in [6, 6.07) is 7.83. The van der Waals surface area contributed by atoms with E-state index in [-0.39, 0.29) is 11.7 Å². The van der Waals surface area contributed by atoms with Crippen LogP contribution in [0.5, 0.6) is 0 Å². The Bertz CT molecular complexity index is 431. The maximum absolute atomic E-state index is 10.9. The van der Waals surface area contributed by atoms with Crippen LogP contribution in [-0.4, -0.2) is 14.2 Å². The van der Waals surface area contributed by atoms with Gasteiger partial charge in [-0.1, -0.05) is 35.0 Å². The van der Waals surface area contributed by atoms with E-state index in [0.29, 0.717) is 0 Å². The number of hydrogen-bond donors (Lipinski definition) is 1. The molecule has 0 aliphatic heterocycles. The predicted molar refractivity (Wildman–Crippen MR) is 65.0 cm³/mol. The Kier molecular flexibility index (Phi) is 4.31. The van der Waals surface area contributed by atoms with Crippen LogP contribution in [-0.2, 0) is 16.4 Å². The Balaban J connectivity index is 2.63. The van der Waals surface area contributed by atoms with Crippen LogP contribution in [0.3, 0.4) is 0 Å². The van der Waals surface area contributed by atoms with Gasteiger partial charge in [-0.05, 0) is 30.0 Å². The van der Waals surface area contributed by atoms with Crippen molar-refractivity contribution in [2.45, 2.75) is 13.3 Å². The lowest BCUT2D eigenvalue weighted by Gasteiger charge is -2.09. The number of benzene rings is 1. The number of halogens is 1. The van der Waals surface area contributed by atoms with Gasteiger partial charge in [0.1, 0.15) is 0 Å². The minimum absolute atomic E-state index is 0.0273. The van der Waals surface area contributed by atoms with Crippen LogP contribution in [0, 0.1) is 5.92 Å². The molecule has 5 heteroatoms. The summed E-state index contributed by atoms with van der Waals surface area (Å²) < 4.78 is 22.7. The Labute approximate surface area is 98.9 Å². The molecule has 0 saturated heterocycles. The van der Waals surface area contributed by atoms with Crippen LogP contribution in [0.1, 0.15) is 12.5 Å². The maximum atomic E-state index is 10.9. The van der Waals surface area contributed by atoms with Crippen LogP contribution in [0.15, 0.2) is 28.7 Å². The van der Waals surface area contributed by atoms with Gasteiger partial charge in [0.15, 0.2) is 0 Å². The molecule has 1 unspecified atom stereocenters. The number of nitrogens with two attached hydrogens (primary N) is 1. The zero-order valence-electron chi connectivity index (χ0n) is 8.48. The molecule has 0 fully saturated rings. The van der Waals surface area contributed by atoms with Gasteiger partial charge in [-0.3, -0.25) is 0 Å². The lowest BCUT2D eigenvalue weighted by Crippen LogP contribution is -2.22. The van der Waals surface area contributed by atoms with Crippen LogP contribution >= 0.6 is 15.9 Å². The van der Waals surface area contributed by atoms with Crippen LogP contribution < -0.4 is 5.14 Å². The monoisotopic (exact) mass is 291 g/mol. The van der Waals surface area contributed by atoms with Crippen molar-refractivity contribution in [2.75, 3.05) is 5.75 Å². The highest BCUT2D eigenvalue weighted by Crippen LogP contribution is 2.15. The molecule has 0 heterocycles. The van der Waals surface area contributed by atoms with Crippen molar-refractivity contribution in [1.29, 1.82) is 0 Å². The third-order valence-electron chi connectivity index (χ3n) is 1.99. The topological polar surface area (TPSA) is 60.2 Å². The van der Waals surface area contributed by atoms with Gasteiger partial charge in [0.2, 0.25) is 10.0 Å². The van der Waals surface area contributed by atoms with E-state index in [0.717, 1.165) is 16.5 Å². The van der Waals surface area contributed by atoms with E-state index in [4.69, 9.17) is 5.14 Å². The predicted octanol–water partition coefficient (Wildman–Crippen LogP) is 1.92. The van der Waals surface area contributed by atoms with E-state index in [1.807, 2.05) is 31.2 Å². The molecule has 0 amide bonds. The van der Waals surface area contributed by atoms with Crippen molar-refractivity contribution in [3.05, 3.63) is 34.3 Å². The van der Waals surface area contributed by atoms with Crippen LogP contribution in [0.2, 0.25) is 0 Å². The molecule has 84 valence electrons. The number of rotatable bonds is 4. The van der Waals surface area contributed by atoms with Gasteiger partial charge in [-0.15, -0.1) is 0 Å². The highest BCUT2D eigenvalue weighted by atomic mass is 79.9. The van der Waals surface area contributed by atoms with E-state index in [9.17, 15) is 8.42 Å². The third kappa shape index (κ3) is 5.30. The molecule has 1 atom stereocenters. The summed E-state index contributed by atoms with van der Waals surface area (Å²) in [5, 5.41) is 4.98. The van der Waals surface area contributed by atoms with Crippen LogP contribution in [0.25, 0.3) is 0 Å². The summed E-state index contributed by atoms with van der Waals surface area (Å²) in [5.41, 5.74) is 1.11. The van der Waals surface area contributed by atoms with Gasteiger partial charge in [0.05, 0.1) is 5.75 Å². The molecular formula is C10H14BrNO2S. The molecule has 0 bridgehead atoms. The Morgan fingerprint density at radius 3 is 2.67 bits per heavy atom. The molecule has 0 radical (unpaired) electrons. The fourth-order valence-electron chi connectivity index (χ4n) is 1.52. The smallest absolute Gasteiger partial charge is 0.209 e. The molecular weight excluding hydrogens is 278 g/mol. The Hall–Kier alpha value is -0.390. The molecule has 0 saturated carbocycles. The van der Waals surface area contributed by atoms with Crippen molar-refractivity contribution in [2.24, 2.45) is 11.1 Å². The summed E-state index contributed by atoms with van der Waals surface area (Å²) in [4.78, 5) is 0. The van der Waals surface area contributed by atoms with Gasteiger partial charge >= 0.3 is 0 Å². The zero-order valence-corrected chi connectivity index (χ0v) is 10.9. The standard InChI is InChI=1S/C10H14BrNO2S/c1-8(7-15(12,13)14)5-9-3-2-4-10(11)6-9/h2-4,6,8H,5,7H2,1H3,(H2,12,13,14). The number of hydrogen-bond acceptors (Lipinski definition) is 2. The molecule has 0 spiro atoms. The molecule has 1 rings (SSSR count). The summed E-state index contributed by atoms with van der Waals surface area (Å²) in [6.07, 6.45) is 0.718. The SMILES string of the molecule is CC(Cc1cccc(Br)c1)CS(N)(=O)=O. The van der Waals surface area contributed by atoms with Gasteiger partial charge in [-0.25, -0.2) is 13.6 Å². The molecule has 3 nitrogen and oxygen atoms in total. The normalized spacial score (nSPS) is 13.8. The lowest BCUT2D eigenvalue weighted by molar-refractivity contribution is 0.571. The average molecular weight is 292 g/mol. The van der Waals surface area contributed by atoms with Crippen molar-refractivity contribution in [3.8, 4) is 0 Å². The Morgan fingerprint density at radius 2 is 2.13 bits per heavy atom. The van der Waals surface area contributed by atoms with Gasteiger partial charge in [-0.2, -0.15) is 0 Å². The van der Waals surface area contributed by atoms with Gasteiger partial charge in [0, 0.05) is 4.47 Å². The molecule has 1 aromatic carbocycles. The second kappa shape index (κ2) is 5.09. The van der Waals surface area contributed by atoms with Gasteiger partial charge in [0.25, 0.3) is 0 Å². The minimum atomic E-state index is -3.37. The lowest BCUT2D eigenvalue weighted by atomic mass is 10.0. The quantitative estimate of drug-likeness (QED) is 0.921. The first kappa shape index (κ1) is 12.7.